The number of hydrogen-bond acceptors (Lipinski definition) is 4. The van der Waals surface area contributed by atoms with Crippen molar-refractivity contribution in [1.29, 1.82) is 0 Å². The summed E-state index contributed by atoms with van der Waals surface area (Å²) >= 11 is 0. The van der Waals surface area contributed by atoms with E-state index in [1.807, 2.05) is 0 Å². The first kappa shape index (κ1) is 19.6. The van der Waals surface area contributed by atoms with Gasteiger partial charge in [0, 0.05) is 38.1 Å². The minimum atomic E-state index is 0.310. The fraction of sp³-hybridized carbons (Fsp3) is 0.480. The van der Waals surface area contributed by atoms with Crippen molar-refractivity contribution in [2.45, 2.75) is 51.7 Å². The van der Waals surface area contributed by atoms with Gasteiger partial charge in [0.2, 0.25) is 0 Å². The van der Waals surface area contributed by atoms with Gasteiger partial charge in [0.15, 0.2) is 0 Å². The first-order chi connectivity index (χ1) is 14.7. The van der Waals surface area contributed by atoms with Gasteiger partial charge in [-0.1, -0.05) is 12.1 Å². The molecule has 5 heteroatoms. The Kier molecular flexibility index (Phi) is 5.48. The van der Waals surface area contributed by atoms with E-state index in [9.17, 15) is 0 Å². The van der Waals surface area contributed by atoms with Crippen LogP contribution >= 0.6 is 0 Å². The molecule has 2 aliphatic rings. The molecule has 158 valence electrons. The lowest BCUT2D eigenvalue weighted by Gasteiger charge is -2.33. The number of ether oxygens (including phenoxy) is 2. The number of pyridine rings is 1. The number of rotatable bonds is 5. The third-order valence-electron chi connectivity index (χ3n) is 6.61. The van der Waals surface area contributed by atoms with Crippen LogP contribution in [0.15, 0.2) is 42.6 Å². The molecule has 0 N–H and O–H groups in total. The Labute approximate surface area is 178 Å². The summed E-state index contributed by atoms with van der Waals surface area (Å²) in [7, 11) is 0. The van der Waals surface area contributed by atoms with Gasteiger partial charge in [0.1, 0.15) is 17.5 Å². The van der Waals surface area contributed by atoms with Crippen molar-refractivity contribution in [3.05, 3.63) is 54.0 Å². The summed E-state index contributed by atoms with van der Waals surface area (Å²) in [5.74, 6) is 0.965. The first-order valence-electron chi connectivity index (χ1n) is 11.2. The van der Waals surface area contributed by atoms with Crippen LogP contribution < -0.4 is 4.74 Å². The maximum Gasteiger partial charge on any atom is 0.137 e. The molecule has 1 atom stereocenters. The van der Waals surface area contributed by atoms with Gasteiger partial charge in [0.25, 0.3) is 0 Å². The molecule has 2 aliphatic heterocycles. The van der Waals surface area contributed by atoms with Crippen molar-refractivity contribution >= 4 is 5.65 Å². The monoisotopic (exact) mass is 405 g/mol. The Morgan fingerprint density at radius 3 is 2.50 bits per heavy atom. The Balaban J connectivity index is 1.19. The number of benzene rings is 1. The van der Waals surface area contributed by atoms with Gasteiger partial charge in [-0.2, -0.15) is 0 Å². The molecule has 2 aromatic heterocycles. The molecule has 3 aromatic rings. The molecule has 5 nitrogen and oxygen atoms in total. The van der Waals surface area contributed by atoms with Crippen molar-refractivity contribution in [3.63, 3.8) is 0 Å². The van der Waals surface area contributed by atoms with Crippen molar-refractivity contribution < 1.29 is 9.47 Å². The predicted octanol–water partition coefficient (Wildman–Crippen LogP) is 4.64. The molecule has 4 heterocycles. The number of likely N-dealkylation sites (tertiary alicyclic amines) is 1. The van der Waals surface area contributed by atoms with Gasteiger partial charge in [0.05, 0.1) is 11.8 Å². The smallest absolute Gasteiger partial charge is 0.137 e. The highest BCUT2D eigenvalue weighted by Gasteiger charge is 2.24. The molecule has 0 amide bonds. The van der Waals surface area contributed by atoms with Gasteiger partial charge < -0.3 is 18.8 Å². The molecule has 0 bridgehead atoms. The Bertz CT molecular complexity index is 997. The third-order valence-corrected chi connectivity index (χ3v) is 6.61. The molecule has 0 spiro atoms. The molecule has 0 radical (unpaired) electrons. The molecule has 0 saturated carbocycles. The highest BCUT2D eigenvalue weighted by molar-refractivity contribution is 5.65. The number of aromatic nitrogens is 2. The lowest BCUT2D eigenvalue weighted by Crippen LogP contribution is -2.41. The number of aryl methyl sites for hydroxylation is 2. The quantitative estimate of drug-likeness (QED) is 0.620. The molecule has 30 heavy (non-hydrogen) atoms. The number of hydrogen-bond donors (Lipinski definition) is 0. The second kappa shape index (κ2) is 8.40. The minimum absolute atomic E-state index is 0.310. The van der Waals surface area contributed by atoms with E-state index in [0.717, 1.165) is 56.2 Å². The van der Waals surface area contributed by atoms with E-state index in [1.165, 1.54) is 29.7 Å². The van der Waals surface area contributed by atoms with Crippen molar-refractivity contribution in [3.8, 4) is 16.9 Å². The number of fused-ring (bicyclic) bond motifs is 1. The van der Waals surface area contributed by atoms with E-state index in [1.54, 1.807) is 0 Å². The van der Waals surface area contributed by atoms with E-state index >= 15 is 0 Å². The summed E-state index contributed by atoms with van der Waals surface area (Å²) in [4.78, 5) is 7.13. The summed E-state index contributed by atoms with van der Waals surface area (Å²) < 4.78 is 14.2. The maximum atomic E-state index is 6.28. The number of piperidine rings is 1. The van der Waals surface area contributed by atoms with E-state index in [-0.39, 0.29) is 0 Å². The van der Waals surface area contributed by atoms with Crippen LogP contribution in [0.4, 0.5) is 0 Å². The lowest BCUT2D eigenvalue weighted by molar-refractivity contribution is 0.0440. The van der Waals surface area contributed by atoms with Gasteiger partial charge >= 0.3 is 0 Å². The van der Waals surface area contributed by atoms with Crippen molar-refractivity contribution in [2.24, 2.45) is 0 Å². The Morgan fingerprint density at radius 2 is 1.77 bits per heavy atom. The van der Waals surface area contributed by atoms with Crippen LogP contribution in [0.25, 0.3) is 16.8 Å². The first-order valence-corrected chi connectivity index (χ1v) is 11.2. The summed E-state index contributed by atoms with van der Waals surface area (Å²) in [6, 6.07) is 12.7. The molecule has 5 rings (SSSR count). The van der Waals surface area contributed by atoms with E-state index in [4.69, 9.17) is 9.47 Å². The standard InChI is InChI=1S/C25H31N3O2/c1-18-19(2)28-16-21(7-10-25(28)26-18)20-5-8-22(9-6-20)30-23-11-13-27(14-12-23)17-24-4-3-15-29-24/h5-10,16,23-24H,3-4,11-15,17H2,1-2H3/t24-/m1/s1. The predicted molar refractivity (Wildman–Crippen MR) is 119 cm³/mol. The summed E-state index contributed by atoms with van der Waals surface area (Å²) in [5, 5.41) is 0. The van der Waals surface area contributed by atoms with E-state index < -0.39 is 0 Å². The van der Waals surface area contributed by atoms with E-state index in [0.29, 0.717) is 12.2 Å². The third kappa shape index (κ3) is 4.09. The molecule has 0 aliphatic carbocycles. The minimum Gasteiger partial charge on any atom is -0.490 e. The normalized spacial score (nSPS) is 20.8. The fourth-order valence-corrected chi connectivity index (χ4v) is 4.65. The lowest BCUT2D eigenvalue weighted by atomic mass is 10.1. The van der Waals surface area contributed by atoms with Crippen LogP contribution in [-0.2, 0) is 4.74 Å². The van der Waals surface area contributed by atoms with Crippen LogP contribution in [0.2, 0.25) is 0 Å². The second-order valence-corrected chi connectivity index (χ2v) is 8.71. The average molecular weight is 406 g/mol. The fourth-order valence-electron chi connectivity index (χ4n) is 4.65. The molecule has 0 unspecified atom stereocenters. The zero-order valence-corrected chi connectivity index (χ0v) is 18.0. The molecule has 1 aromatic carbocycles. The van der Waals surface area contributed by atoms with Crippen LogP contribution in [0.3, 0.4) is 0 Å². The average Bonchev–Trinajstić information content (AvgIpc) is 3.38. The number of imidazole rings is 1. The topological polar surface area (TPSA) is 39.0 Å². The van der Waals surface area contributed by atoms with Gasteiger partial charge in [-0.05, 0) is 74.9 Å². The molecule has 2 saturated heterocycles. The molecular formula is C25H31N3O2. The van der Waals surface area contributed by atoms with Crippen LogP contribution in [-0.4, -0.2) is 52.7 Å². The SMILES string of the molecule is Cc1nc2ccc(-c3ccc(OC4CCN(C[C@H]5CCCO5)CC4)cc3)cn2c1C. The largest absolute Gasteiger partial charge is 0.490 e. The van der Waals surface area contributed by atoms with Crippen molar-refractivity contribution in [2.75, 3.05) is 26.2 Å². The molecular weight excluding hydrogens is 374 g/mol. The van der Waals surface area contributed by atoms with Crippen LogP contribution in [0.5, 0.6) is 5.75 Å². The van der Waals surface area contributed by atoms with Gasteiger partial charge in [-0.15, -0.1) is 0 Å². The van der Waals surface area contributed by atoms with Crippen LogP contribution in [0.1, 0.15) is 37.1 Å². The number of nitrogens with zero attached hydrogens (tertiary/aromatic N) is 3. The highest BCUT2D eigenvalue weighted by Crippen LogP contribution is 2.26. The maximum absolute atomic E-state index is 6.28. The Hall–Kier alpha value is -2.37. The van der Waals surface area contributed by atoms with Gasteiger partial charge in [-0.25, -0.2) is 4.98 Å². The second-order valence-electron chi connectivity index (χ2n) is 8.71. The molecule has 2 fully saturated rings. The summed E-state index contributed by atoms with van der Waals surface area (Å²) in [5.41, 5.74) is 5.66. The Morgan fingerprint density at radius 1 is 1.00 bits per heavy atom. The highest BCUT2D eigenvalue weighted by atomic mass is 16.5. The zero-order chi connectivity index (χ0) is 20.5. The summed E-state index contributed by atoms with van der Waals surface area (Å²) in [6.07, 6.45) is 7.54. The van der Waals surface area contributed by atoms with E-state index in [2.05, 4.69) is 70.7 Å². The van der Waals surface area contributed by atoms with Crippen LogP contribution in [0, 0.1) is 13.8 Å². The van der Waals surface area contributed by atoms with Gasteiger partial charge in [-0.3, -0.25) is 0 Å². The summed E-state index contributed by atoms with van der Waals surface area (Å²) in [6.45, 7) is 8.40. The van der Waals surface area contributed by atoms with Crippen molar-refractivity contribution in [1.82, 2.24) is 14.3 Å². The zero-order valence-electron chi connectivity index (χ0n) is 18.0.